The summed E-state index contributed by atoms with van der Waals surface area (Å²) >= 11 is 0. The van der Waals surface area contributed by atoms with Gasteiger partial charge in [0, 0.05) is 67.4 Å². The van der Waals surface area contributed by atoms with E-state index in [2.05, 4.69) is 55.9 Å². The topological polar surface area (TPSA) is 229 Å². The summed E-state index contributed by atoms with van der Waals surface area (Å²) in [4.78, 5) is 41.1. The molecule has 4 N–H and O–H groups in total. The number of hydrogen-bond donors (Lipinski definition) is 4. The van der Waals surface area contributed by atoms with Gasteiger partial charge in [-0.1, -0.05) is 29.7 Å². The van der Waals surface area contributed by atoms with Crippen LogP contribution in [0, 0.1) is 41.5 Å². The monoisotopic (exact) mass is 1070 g/mol. The highest BCUT2D eigenvalue weighted by atomic mass is 32.2. The van der Waals surface area contributed by atoms with Crippen LogP contribution in [0.5, 0.6) is 0 Å². The summed E-state index contributed by atoms with van der Waals surface area (Å²) in [5.41, 5.74) is 10.6. The minimum absolute atomic E-state index is 0.0552. The quantitative estimate of drug-likeness (QED) is 0.101. The van der Waals surface area contributed by atoms with Gasteiger partial charge in [-0.3, -0.25) is 14.2 Å². The van der Waals surface area contributed by atoms with Crippen molar-refractivity contribution in [2.45, 2.75) is 131 Å². The first-order valence-electron chi connectivity index (χ1n) is 26.3. The average molecular weight is 1070 g/mol. The standard InChI is InChI=1S/C27H36N6O3S.C18H27N5.C9H11NO4S/c1-18-11-12-22(30-37(4,35)36)21(16-18)27(34)32-15-9-6-10-24(32)23-17-25-28-20(3)19(2)26(33(25)29-23)31-13-7-5-8-14-31;1-13-14(2)20-17-12-16(15-8-4-5-9-19-15)21-23(17)18(13)22-10-6-3-7-11-22;1-6-3-4-8(10-15(2,13)14)7(5-6)9(11)12/h11-12,16-17,24,30H,5-10,13-15H2,1-4H3;12,15,19H,3-11H2,1-2H3;3-5,10H,1-2H3,(H,11,12)/t24-;15-;/m00./s1. The molecule has 0 saturated carbocycles. The van der Waals surface area contributed by atoms with E-state index in [-0.39, 0.29) is 23.2 Å². The Hall–Kier alpha value is -6.32. The Morgan fingerprint density at radius 3 is 1.55 bits per heavy atom. The first-order valence-corrected chi connectivity index (χ1v) is 30.1. The van der Waals surface area contributed by atoms with Crippen LogP contribution in [0.4, 0.5) is 23.0 Å². The van der Waals surface area contributed by atoms with Gasteiger partial charge in [0.05, 0.1) is 58.5 Å². The fourth-order valence-electron chi connectivity index (χ4n) is 10.7. The Morgan fingerprint density at radius 2 is 1.05 bits per heavy atom. The van der Waals surface area contributed by atoms with Crippen molar-refractivity contribution in [3.8, 4) is 0 Å². The van der Waals surface area contributed by atoms with Crippen molar-refractivity contribution >= 4 is 66.2 Å². The first-order chi connectivity index (χ1) is 35.7. The molecule has 8 heterocycles. The Bertz CT molecular complexity index is 3280. The van der Waals surface area contributed by atoms with Gasteiger partial charge in [0.2, 0.25) is 20.0 Å². The Morgan fingerprint density at radius 1 is 0.587 bits per heavy atom. The number of nitrogens with zero attached hydrogens (tertiary/aromatic N) is 9. The van der Waals surface area contributed by atoms with E-state index in [9.17, 15) is 26.4 Å². The van der Waals surface area contributed by atoms with E-state index >= 15 is 0 Å². The SMILES string of the molecule is Cc1ccc(NS(C)(=O)=O)c(C(=O)N2CCCC[C@H]2c2cc3nc(C)c(C)c(N4CCCCC4)n3n2)c1.Cc1ccc(NS(C)(=O)=O)c(C(=O)O)c1.Cc1nc2cc([C@@H]3CCCCN3)nn2c(N2CCCCC2)c1C. The number of amides is 1. The van der Waals surface area contributed by atoms with Gasteiger partial charge in [0.15, 0.2) is 11.3 Å². The molecular weight excluding hydrogens is 993 g/mol. The third-order valence-electron chi connectivity index (χ3n) is 14.6. The van der Waals surface area contributed by atoms with Gasteiger partial charge in [-0.05, 0) is 143 Å². The lowest BCUT2D eigenvalue weighted by molar-refractivity contribution is 0.0606. The van der Waals surface area contributed by atoms with Crippen LogP contribution in [-0.4, -0.2) is 120 Å². The molecule has 75 heavy (non-hydrogen) atoms. The third-order valence-corrected chi connectivity index (χ3v) is 15.8. The van der Waals surface area contributed by atoms with Gasteiger partial charge in [-0.2, -0.15) is 19.2 Å². The number of carbonyl (C=O) groups excluding carboxylic acids is 1. The van der Waals surface area contributed by atoms with Crippen LogP contribution < -0.4 is 24.6 Å². The van der Waals surface area contributed by atoms with Gasteiger partial charge < -0.3 is 25.1 Å². The van der Waals surface area contributed by atoms with Crippen molar-refractivity contribution in [2.75, 3.05) is 71.0 Å². The summed E-state index contributed by atoms with van der Waals surface area (Å²) in [6, 6.07) is 14.1. The number of fused-ring (bicyclic) bond motifs is 2. The van der Waals surface area contributed by atoms with Gasteiger partial charge in [-0.15, -0.1) is 0 Å². The molecule has 0 radical (unpaired) electrons. The highest BCUT2D eigenvalue weighted by Gasteiger charge is 2.33. The predicted octanol–water partition coefficient (Wildman–Crippen LogP) is 8.60. The number of carboxylic acids is 1. The van der Waals surface area contributed by atoms with E-state index in [1.807, 2.05) is 29.3 Å². The Kier molecular flexibility index (Phi) is 17.1. The molecular formula is C54H74N12O7S2. The largest absolute Gasteiger partial charge is 0.478 e. The summed E-state index contributed by atoms with van der Waals surface area (Å²) in [7, 11) is -6.99. The van der Waals surface area contributed by atoms with Crippen LogP contribution in [-0.2, 0) is 20.0 Å². The fraction of sp³-hybridized carbons (Fsp3) is 0.519. The van der Waals surface area contributed by atoms with Crippen molar-refractivity contribution in [1.29, 1.82) is 0 Å². The molecule has 19 nitrogen and oxygen atoms in total. The van der Waals surface area contributed by atoms with Crippen molar-refractivity contribution in [1.82, 2.24) is 39.4 Å². The second kappa shape index (κ2) is 23.3. The molecule has 1 amide bonds. The summed E-state index contributed by atoms with van der Waals surface area (Å²) in [6.07, 6.45) is 16.0. The minimum Gasteiger partial charge on any atom is -0.478 e. The fourth-order valence-corrected chi connectivity index (χ4v) is 11.8. The number of aryl methyl sites for hydroxylation is 4. The zero-order valence-corrected chi connectivity index (χ0v) is 46.4. The first kappa shape index (κ1) is 54.9. The van der Waals surface area contributed by atoms with E-state index < -0.39 is 26.0 Å². The highest BCUT2D eigenvalue weighted by molar-refractivity contribution is 7.92. The number of benzene rings is 2. The van der Waals surface area contributed by atoms with Crippen molar-refractivity contribution in [2.24, 2.45) is 0 Å². The molecule has 0 bridgehead atoms. The molecule has 21 heteroatoms. The molecule has 0 aliphatic carbocycles. The molecule has 4 aliphatic heterocycles. The third kappa shape index (κ3) is 13.2. The number of hydrogen-bond acceptors (Lipinski definition) is 13. The number of aromatic carboxylic acids is 1. The van der Waals surface area contributed by atoms with E-state index in [1.54, 1.807) is 31.2 Å². The smallest absolute Gasteiger partial charge is 0.337 e. The lowest BCUT2D eigenvalue weighted by atomic mass is 9.97. The number of aromatic nitrogens is 6. The average Bonchev–Trinajstić information content (AvgIpc) is 4.00. The maximum atomic E-state index is 13.9. The molecule has 2 atom stereocenters. The van der Waals surface area contributed by atoms with Crippen molar-refractivity contribution in [3.63, 3.8) is 0 Å². The van der Waals surface area contributed by atoms with E-state index in [0.717, 1.165) is 121 Å². The van der Waals surface area contributed by atoms with Crippen LogP contribution in [0.3, 0.4) is 0 Å². The summed E-state index contributed by atoms with van der Waals surface area (Å²) in [6.45, 7) is 18.1. The molecule has 404 valence electrons. The van der Waals surface area contributed by atoms with Gasteiger partial charge in [0.25, 0.3) is 5.91 Å². The lowest BCUT2D eigenvalue weighted by Crippen LogP contribution is -2.39. The summed E-state index contributed by atoms with van der Waals surface area (Å²) in [5.74, 6) is 1.01. The normalized spacial score (nSPS) is 18.5. The maximum absolute atomic E-state index is 13.9. The second-order valence-electron chi connectivity index (χ2n) is 20.7. The number of rotatable bonds is 10. The predicted molar refractivity (Wildman–Crippen MR) is 296 cm³/mol. The molecule has 2 aromatic carbocycles. The van der Waals surface area contributed by atoms with Crippen LogP contribution in [0.15, 0.2) is 48.5 Å². The van der Waals surface area contributed by atoms with Crippen molar-refractivity contribution in [3.05, 3.63) is 105 Å². The number of carbonyl (C=O) groups is 2. The molecule has 4 saturated heterocycles. The molecule has 6 aromatic rings. The van der Waals surface area contributed by atoms with E-state index in [4.69, 9.17) is 25.3 Å². The number of anilines is 4. The Balaban J connectivity index is 0.000000167. The van der Waals surface area contributed by atoms with Crippen LogP contribution >= 0.6 is 0 Å². The molecule has 0 unspecified atom stereocenters. The van der Waals surface area contributed by atoms with Crippen LogP contribution in [0.1, 0.15) is 155 Å². The zero-order chi connectivity index (χ0) is 53.8. The number of piperidine rings is 4. The number of likely N-dealkylation sites (tertiary alicyclic amines) is 1. The second-order valence-corrected chi connectivity index (χ2v) is 24.2. The van der Waals surface area contributed by atoms with Crippen LogP contribution in [0.25, 0.3) is 11.3 Å². The highest BCUT2D eigenvalue weighted by Crippen LogP contribution is 2.36. The summed E-state index contributed by atoms with van der Waals surface area (Å²) in [5, 5.41) is 22.5. The van der Waals surface area contributed by atoms with E-state index in [1.165, 1.54) is 81.3 Å². The molecule has 4 aromatic heterocycles. The zero-order valence-electron chi connectivity index (χ0n) is 44.7. The molecule has 4 aliphatic rings. The van der Waals surface area contributed by atoms with Crippen LogP contribution in [0.2, 0.25) is 0 Å². The molecule has 4 fully saturated rings. The van der Waals surface area contributed by atoms with Gasteiger partial charge in [-0.25, -0.2) is 31.6 Å². The number of carboxylic acid groups (broad SMARTS) is 1. The number of sulfonamides is 2. The molecule has 0 spiro atoms. The Labute approximate surface area is 441 Å². The van der Waals surface area contributed by atoms with Crippen molar-refractivity contribution < 1.29 is 31.5 Å². The van der Waals surface area contributed by atoms with Gasteiger partial charge >= 0.3 is 5.97 Å². The summed E-state index contributed by atoms with van der Waals surface area (Å²) < 4.78 is 54.6. The lowest BCUT2D eigenvalue weighted by Gasteiger charge is -2.35. The minimum atomic E-state index is -3.53. The van der Waals surface area contributed by atoms with E-state index in [0.29, 0.717) is 23.8 Å². The molecule has 10 rings (SSSR count). The number of nitrogens with one attached hydrogen (secondary N) is 3. The van der Waals surface area contributed by atoms with Gasteiger partial charge in [0.1, 0.15) is 11.6 Å². The maximum Gasteiger partial charge on any atom is 0.337 e.